The normalized spacial score (nSPS) is 11.8. The number of nitrogens with one attached hydrogen (secondary N) is 2. The van der Waals surface area contributed by atoms with Crippen LogP contribution in [0.25, 0.3) is 10.9 Å². The summed E-state index contributed by atoms with van der Waals surface area (Å²) in [4.78, 5) is 25.1. The number of aromatic amines is 1. The number of nitrogens with zero attached hydrogens (tertiary/aromatic N) is 2. The van der Waals surface area contributed by atoms with Crippen molar-refractivity contribution in [2.45, 2.75) is 12.6 Å². The molecule has 0 saturated carbocycles. The molecule has 0 saturated heterocycles. The summed E-state index contributed by atoms with van der Waals surface area (Å²) >= 11 is 0. The molecule has 10 heteroatoms. The van der Waals surface area contributed by atoms with E-state index < -0.39 is 34.7 Å². The first kappa shape index (κ1) is 19.1. The lowest BCUT2D eigenvalue weighted by atomic mass is 10.1. The van der Waals surface area contributed by atoms with Gasteiger partial charge in [0.1, 0.15) is 0 Å². The van der Waals surface area contributed by atoms with E-state index in [9.17, 15) is 28.1 Å². The third-order valence-corrected chi connectivity index (χ3v) is 3.97. The molecule has 1 heterocycles. The van der Waals surface area contributed by atoms with E-state index >= 15 is 0 Å². The quantitative estimate of drug-likeness (QED) is 0.394. The van der Waals surface area contributed by atoms with Gasteiger partial charge < -0.3 is 4.98 Å². The zero-order chi connectivity index (χ0) is 20.3. The first-order chi connectivity index (χ1) is 13.3. The van der Waals surface area contributed by atoms with Crippen molar-refractivity contribution < 1.29 is 22.9 Å². The van der Waals surface area contributed by atoms with Crippen molar-refractivity contribution in [1.82, 2.24) is 10.4 Å². The zero-order valence-corrected chi connectivity index (χ0v) is 14.2. The molecule has 0 atom stereocenters. The van der Waals surface area contributed by atoms with Crippen LogP contribution in [0.4, 0.5) is 18.9 Å². The number of hydrazone groups is 1. The molecular weight excluding hydrogens is 377 g/mol. The smallest absolute Gasteiger partial charge is 0.361 e. The minimum Gasteiger partial charge on any atom is -0.361 e. The lowest BCUT2D eigenvalue weighted by molar-refractivity contribution is -0.385. The number of alkyl halides is 3. The maximum Gasteiger partial charge on any atom is 0.416 e. The molecule has 0 fully saturated rings. The number of benzene rings is 2. The van der Waals surface area contributed by atoms with Gasteiger partial charge in [-0.25, -0.2) is 5.43 Å². The van der Waals surface area contributed by atoms with Gasteiger partial charge in [0.2, 0.25) is 5.91 Å². The highest BCUT2D eigenvalue weighted by Gasteiger charge is 2.33. The number of carbonyl (C=O) groups excluding carboxylic acids is 1. The molecule has 1 aromatic heterocycles. The molecule has 7 nitrogen and oxygen atoms in total. The second-order valence-electron chi connectivity index (χ2n) is 5.86. The summed E-state index contributed by atoms with van der Waals surface area (Å²) < 4.78 is 38.1. The Labute approximate surface area is 156 Å². The van der Waals surface area contributed by atoms with E-state index in [1.165, 1.54) is 6.21 Å². The topological polar surface area (TPSA) is 100 Å². The number of fused-ring (bicyclic) bond motifs is 1. The Balaban J connectivity index is 1.71. The van der Waals surface area contributed by atoms with E-state index in [0.717, 1.165) is 22.5 Å². The maximum absolute atomic E-state index is 12.7. The standard InChI is InChI=1S/C18H13F3N4O3/c19-18(20,21)13-6-5-11(16(8-13)25(27)28)7-17(26)24-23-10-12-9-22-15-4-2-1-3-14(12)15/h1-6,8-10,22H,7H2,(H,24,26)/b23-10-. The zero-order valence-electron chi connectivity index (χ0n) is 14.2. The molecule has 2 N–H and O–H groups in total. The maximum atomic E-state index is 12.7. The summed E-state index contributed by atoms with van der Waals surface area (Å²) in [5.41, 5.74) is 1.76. The Hall–Kier alpha value is -3.69. The molecule has 28 heavy (non-hydrogen) atoms. The fourth-order valence-corrected chi connectivity index (χ4v) is 2.65. The largest absolute Gasteiger partial charge is 0.416 e. The summed E-state index contributed by atoms with van der Waals surface area (Å²) in [5.74, 6) is -0.695. The van der Waals surface area contributed by atoms with Crippen LogP contribution >= 0.6 is 0 Å². The van der Waals surface area contributed by atoms with E-state index in [-0.39, 0.29) is 5.56 Å². The molecular formula is C18H13F3N4O3. The lowest BCUT2D eigenvalue weighted by Crippen LogP contribution is -2.20. The van der Waals surface area contributed by atoms with Crippen molar-refractivity contribution in [2.75, 3.05) is 0 Å². The van der Waals surface area contributed by atoms with Crippen LogP contribution in [-0.4, -0.2) is 22.0 Å². The minimum absolute atomic E-state index is 0.141. The van der Waals surface area contributed by atoms with E-state index in [0.29, 0.717) is 12.1 Å². The van der Waals surface area contributed by atoms with Gasteiger partial charge in [0.25, 0.3) is 5.69 Å². The van der Waals surface area contributed by atoms with E-state index in [1.54, 1.807) is 6.20 Å². The Kier molecular flexibility index (Phi) is 5.12. The molecule has 1 amide bonds. The number of hydrogen-bond acceptors (Lipinski definition) is 4. The fraction of sp³-hybridized carbons (Fsp3) is 0.111. The first-order valence-corrected chi connectivity index (χ1v) is 7.98. The molecule has 0 aliphatic carbocycles. The summed E-state index contributed by atoms with van der Waals surface area (Å²) in [5, 5.41) is 15.7. The summed E-state index contributed by atoms with van der Waals surface area (Å²) in [6.45, 7) is 0. The Bertz CT molecular complexity index is 1070. The van der Waals surface area contributed by atoms with Crippen molar-refractivity contribution in [2.24, 2.45) is 5.10 Å². The van der Waals surface area contributed by atoms with Gasteiger partial charge in [-0.2, -0.15) is 18.3 Å². The van der Waals surface area contributed by atoms with Crippen LogP contribution in [0.15, 0.2) is 53.8 Å². The highest BCUT2D eigenvalue weighted by Crippen LogP contribution is 2.33. The summed E-state index contributed by atoms with van der Waals surface area (Å²) in [6.07, 6.45) is -2.10. The highest BCUT2D eigenvalue weighted by molar-refractivity contribution is 5.99. The molecule has 3 rings (SSSR count). The van der Waals surface area contributed by atoms with Crippen LogP contribution in [0.1, 0.15) is 16.7 Å². The molecule has 3 aromatic rings. The average Bonchev–Trinajstić information content (AvgIpc) is 3.04. The third kappa shape index (κ3) is 4.17. The second kappa shape index (κ2) is 7.51. The van der Waals surface area contributed by atoms with Gasteiger partial charge in [-0.05, 0) is 12.1 Å². The number of halogens is 3. The number of para-hydroxylation sites is 1. The summed E-state index contributed by atoms with van der Waals surface area (Å²) in [7, 11) is 0. The van der Waals surface area contributed by atoms with Crippen LogP contribution in [0.2, 0.25) is 0 Å². The molecule has 144 valence electrons. The van der Waals surface area contributed by atoms with Crippen molar-refractivity contribution in [1.29, 1.82) is 0 Å². The van der Waals surface area contributed by atoms with Crippen molar-refractivity contribution in [3.8, 4) is 0 Å². The predicted molar refractivity (Wildman–Crippen MR) is 95.8 cm³/mol. The molecule has 0 aliphatic rings. The Morgan fingerprint density at radius 2 is 2.00 bits per heavy atom. The molecule has 2 aromatic carbocycles. The molecule has 0 spiro atoms. The van der Waals surface area contributed by atoms with Gasteiger partial charge >= 0.3 is 6.18 Å². The molecule has 0 radical (unpaired) electrons. The Morgan fingerprint density at radius 3 is 2.71 bits per heavy atom. The van der Waals surface area contributed by atoms with Crippen LogP contribution in [0.3, 0.4) is 0 Å². The number of nitro benzene ring substituents is 1. The SMILES string of the molecule is O=C(Cc1ccc(C(F)(F)F)cc1[N+](=O)[O-])N/N=C\c1c[nH]c2ccccc12. The van der Waals surface area contributed by atoms with Gasteiger partial charge in [-0.1, -0.05) is 24.3 Å². The fourth-order valence-electron chi connectivity index (χ4n) is 2.65. The van der Waals surface area contributed by atoms with Crippen molar-refractivity contribution in [3.05, 3.63) is 75.5 Å². The van der Waals surface area contributed by atoms with Gasteiger partial charge in [0, 0.05) is 34.3 Å². The van der Waals surface area contributed by atoms with E-state index in [2.05, 4.69) is 15.5 Å². The van der Waals surface area contributed by atoms with Gasteiger partial charge in [-0.3, -0.25) is 14.9 Å². The van der Waals surface area contributed by atoms with Gasteiger partial charge in [0.15, 0.2) is 0 Å². The number of amides is 1. The van der Waals surface area contributed by atoms with Crippen LogP contribution in [-0.2, 0) is 17.4 Å². The van der Waals surface area contributed by atoms with Crippen LogP contribution in [0, 0.1) is 10.1 Å². The molecule has 0 aliphatic heterocycles. The monoisotopic (exact) mass is 390 g/mol. The number of hydrogen-bond donors (Lipinski definition) is 2. The highest BCUT2D eigenvalue weighted by atomic mass is 19.4. The number of rotatable bonds is 5. The van der Waals surface area contributed by atoms with Gasteiger partial charge in [-0.15, -0.1) is 0 Å². The van der Waals surface area contributed by atoms with Crippen molar-refractivity contribution >= 4 is 28.7 Å². The van der Waals surface area contributed by atoms with E-state index in [4.69, 9.17) is 0 Å². The van der Waals surface area contributed by atoms with Crippen LogP contribution in [0.5, 0.6) is 0 Å². The van der Waals surface area contributed by atoms with E-state index in [1.807, 2.05) is 24.3 Å². The van der Waals surface area contributed by atoms with Crippen LogP contribution < -0.4 is 5.43 Å². The van der Waals surface area contributed by atoms with Crippen molar-refractivity contribution in [3.63, 3.8) is 0 Å². The number of aromatic nitrogens is 1. The number of carbonyl (C=O) groups is 1. The lowest BCUT2D eigenvalue weighted by Gasteiger charge is -2.08. The third-order valence-electron chi connectivity index (χ3n) is 3.97. The van der Waals surface area contributed by atoms with Gasteiger partial charge in [0.05, 0.1) is 23.1 Å². The second-order valence-corrected chi connectivity index (χ2v) is 5.86. The minimum atomic E-state index is -4.71. The Morgan fingerprint density at radius 1 is 1.25 bits per heavy atom. The number of H-pyrrole nitrogens is 1. The predicted octanol–water partition coefficient (Wildman–Crippen LogP) is 3.79. The average molecular weight is 390 g/mol. The number of nitro groups is 1. The first-order valence-electron chi connectivity index (χ1n) is 7.98. The summed E-state index contributed by atoms with van der Waals surface area (Å²) in [6, 6.07) is 9.47. The molecule has 0 unspecified atom stereocenters. The molecule has 0 bridgehead atoms.